The predicted octanol–water partition coefficient (Wildman–Crippen LogP) is 3.13. The number of ether oxygens (including phenoxy) is 1. The summed E-state index contributed by atoms with van der Waals surface area (Å²) in [7, 11) is 0. The predicted molar refractivity (Wildman–Crippen MR) is 85.3 cm³/mol. The Kier molecular flexibility index (Phi) is 5.82. The minimum atomic E-state index is -5.71. The fourth-order valence-corrected chi connectivity index (χ4v) is 1.93. The number of hydrogen-bond donors (Lipinski definition) is 2. The van der Waals surface area contributed by atoms with Crippen molar-refractivity contribution in [3.8, 4) is 5.88 Å². The van der Waals surface area contributed by atoms with Crippen molar-refractivity contribution in [2.75, 3.05) is 12.3 Å². The summed E-state index contributed by atoms with van der Waals surface area (Å²) < 4.78 is 66.3. The molecule has 0 saturated carbocycles. The summed E-state index contributed by atoms with van der Waals surface area (Å²) in [6.45, 7) is -0.240. The molecular weight excluding hydrogens is 375 g/mol. The van der Waals surface area contributed by atoms with Crippen LogP contribution in [0.25, 0.3) is 0 Å². The number of carbonyl (C=O) groups excluding carboxylic acids is 1. The summed E-state index contributed by atoms with van der Waals surface area (Å²) in [4.78, 5) is 19.6. The van der Waals surface area contributed by atoms with Crippen LogP contribution in [-0.4, -0.2) is 34.6 Å². The Morgan fingerprint density at radius 2 is 1.93 bits per heavy atom. The highest BCUT2D eigenvalue weighted by Crippen LogP contribution is 2.35. The van der Waals surface area contributed by atoms with Gasteiger partial charge in [0.05, 0.1) is 6.04 Å². The van der Waals surface area contributed by atoms with Crippen LogP contribution >= 0.6 is 0 Å². The molecule has 11 heteroatoms. The molecule has 3 N–H and O–H groups in total. The van der Waals surface area contributed by atoms with Gasteiger partial charge in [-0.3, -0.25) is 4.79 Å². The van der Waals surface area contributed by atoms with Crippen molar-refractivity contribution in [3.63, 3.8) is 0 Å². The number of anilines is 1. The van der Waals surface area contributed by atoms with Gasteiger partial charge in [-0.2, -0.15) is 22.0 Å². The number of aromatic nitrogens is 2. The van der Waals surface area contributed by atoms with Crippen LogP contribution in [0.2, 0.25) is 0 Å². The van der Waals surface area contributed by atoms with Crippen molar-refractivity contribution in [2.45, 2.75) is 25.1 Å². The van der Waals surface area contributed by atoms with Gasteiger partial charge in [0.15, 0.2) is 6.61 Å². The third kappa shape index (κ3) is 5.25. The van der Waals surface area contributed by atoms with Crippen LogP contribution in [0.5, 0.6) is 5.88 Å². The second kappa shape index (κ2) is 7.72. The number of amides is 1. The fraction of sp³-hybridized carbons (Fsp3) is 0.312. The van der Waals surface area contributed by atoms with Crippen LogP contribution in [0.1, 0.15) is 28.9 Å². The van der Waals surface area contributed by atoms with E-state index in [4.69, 9.17) is 5.73 Å². The van der Waals surface area contributed by atoms with Crippen molar-refractivity contribution >= 4 is 11.7 Å². The van der Waals surface area contributed by atoms with E-state index in [-0.39, 0.29) is 11.4 Å². The Bertz CT molecular complexity index is 796. The molecule has 2 aromatic rings. The van der Waals surface area contributed by atoms with Crippen LogP contribution in [-0.2, 0) is 0 Å². The molecule has 1 atom stereocenters. The number of halogens is 5. The normalized spacial score (nSPS) is 13.1. The summed E-state index contributed by atoms with van der Waals surface area (Å²) in [5, 5.41) is 2.66. The van der Waals surface area contributed by atoms with Gasteiger partial charge in [0.1, 0.15) is 5.82 Å². The van der Waals surface area contributed by atoms with Gasteiger partial charge in [-0.05, 0) is 24.6 Å². The standard InChI is InChI=1S/C16H15F5N4O2/c1-9(25-14(26)10-4-5-23-12(22)6-10)11-2-3-13(24-7-11)27-8-15(17,18)16(19,20)21/h2-7,9H,8H2,1H3,(H2,22,23)(H,25,26). The van der Waals surface area contributed by atoms with E-state index in [0.29, 0.717) is 5.56 Å². The first kappa shape index (κ1) is 20.3. The molecule has 1 amide bonds. The highest BCUT2D eigenvalue weighted by Gasteiger charge is 2.58. The summed E-state index contributed by atoms with van der Waals surface area (Å²) in [6.07, 6.45) is -3.13. The number of hydrogen-bond acceptors (Lipinski definition) is 5. The van der Waals surface area contributed by atoms with Crippen molar-refractivity contribution in [2.24, 2.45) is 0 Å². The van der Waals surface area contributed by atoms with Gasteiger partial charge in [-0.25, -0.2) is 9.97 Å². The molecule has 0 bridgehead atoms. The highest BCUT2D eigenvalue weighted by atomic mass is 19.4. The van der Waals surface area contributed by atoms with Crippen molar-refractivity contribution in [1.82, 2.24) is 15.3 Å². The number of nitrogens with zero attached hydrogens (tertiary/aromatic N) is 2. The average Bonchev–Trinajstić information content (AvgIpc) is 2.59. The average molecular weight is 390 g/mol. The van der Waals surface area contributed by atoms with Gasteiger partial charge in [-0.15, -0.1) is 0 Å². The van der Waals surface area contributed by atoms with Crippen LogP contribution in [0.4, 0.5) is 27.8 Å². The number of rotatable bonds is 6. The third-order valence-corrected chi connectivity index (χ3v) is 3.47. The lowest BCUT2D eigenvalue weighted by atomic mass is 10.1. The first-order valence-corrected chi connectivity index (χ1v) is 7.55. The van der Waals surface area contributed by atoms with E-state index in [1.165, 1.54) is 30.6 Å². The third-order valence-electron chi connectivity index (χ3n) is 3.47. The molecule has 27 heavy (non-hydrogen) atoms. The Labute approximate surface area is 150 Å². The van der Waals surface area contributed by atoms with E-state index in [9.17, 15) is 26.7 Å². The van der Waals surface area contributed by atoms with Crippen LogP contribution in [0, 0.1) is 0 Å². The molecule has 0 saturated heterocycles. The molecule has 6 nitrogen and oxygen atoms in total. The number of alkyl halides is 5. The van der Waals surface area contributed by atoms with Gasteiger partial charge in [0.2, 0.25) is 5.88 Å². The molecule has 0 spiro atoms. The lowest BCUT2D eigenvalue weighted by Crippen LogP contribution is -2.41. The maximum absolute atomic E-state index is 12.8. The molecule has 0 radical (unpaired) electrons. The second-order valence-electron chi connectivity index (χ2n) is 5.59. The fourth-order valence-electron chi connectivity index (χ4n) is 1.93. The minimum Gasteiger partial charge on any atom is -0.471 e. The zero-order chi connectivity index (χ0) is 20.2. The van der Waals surface area contributed by atoms with E-state index in [0.717, 1.165) is 6.07 Å². The van der Waals surface area contributed by atoms with Gasteiger partial charge in [0.25, 0.3) is 5.91 Å². The lowest BCUT2D eigenvalue weighted by Gasteiger charge is -2.19. The molecule has 0 aliphatic carbocycles. The Morgan fingerprint density at radius 1 is 1.22 bits per heavy atom. The first-order chi connectivity index (χ1) is 12.5. The van der Waals surface area contributed by atoms with E-state index in [1.807, 2.05) is 0 Å². The zero-order valence-electron chi connectivity index (χ0n) is 13.9. The van der Waals surface area contributed by atoms with Crippen LogP contribution < -0.4 is 15.8 Å². The topological polar surface area (TPSA) is 90.1 Å². The summed E-state index contributed by atoms with van der Waals surface area (Å²) in [6, 6.07) is 4.85. The Hall–Kier alpha value is -2.98. The maximum Gasteiger partial charge on any atom is 0.456 e. The molecule has 146 valence electrons. The second-order valence-corrected chi connectivity index (χ2v) is 5.59. The van der Waals surface area contributed by atoms with Crippen molar-refractivity contribution in [3.05, 3.63) is 47.8 Å². The quantitative estimate of drug-likeness (QED) is 0.740. The van der Waals surface area contributed by atoms with Gasteiger partial charge < -0.3 is 15.8 Å². The van der Waals surface area contributed by atoms with Gasteiger partial charge >= 0.3 is 12.1 Å². The number of pyridine rings is 2. The summed E-state index contributed by atoms with van der Waals surface area (Å²) in [5.41, 5.74) is 6.28. The zero-order valence-corrected chi connectivity index (χ0v) is 13.9. The SMILES string of the molecule is CC(NC(=O)c1ccnc(N)c1)c1ccc(OCC(F)(F)C(F)(F)F)nc1. The van der Waals surface area contributed by atoms with Crippen LogP contribution in [0.3, 0.4) is 0 Å². The molecule has 2 aromatic heterocycles. The Morgan fingerprint density at radius 3 is 2.48 bits per heavy atom. The Balaban J connectivity index is 1.97. The molecule has 1 unspecified atom stereocenters. The first-order valence-electron chi connectivity index (χ1n) is 7.55. The van der Waals surface area contributed by atoms with Gasteiger partial charge in [-0.1, -0.05) is 6.07 Å². The van der Waals surface area contributed by atoms with E-state index in [2.05, 4.69) is 20.0 Å². The summed E-state index contributed by atoms with van der Waals surface area (Å²) >= 11 is 0. The molecule has 0 aromatic carbocycles. The minimum absolute atomic E-state index is 0.175. The van der Waals surface area contributed by atoms with Crippen LogP contribution in [0.15, 0.2) is 36.7 Å². The van der Waals surface area contributed by atoms with Crippen molar-refractivity contribution in [1.29, 1.82) is 0 Å². The van der Waals surface area contributed by atoms with Gasteiger partial charge in [0, 0.05) is 24.0 Å². The van der Waals surface area contributed by atoms with E-state index < -0.39 is 36.5 Å². The van der Waals surface area contributed by atoms with E-state index in [1.54, 1.807) is 6.92 Å². The number of nitrogens with one attached hydrogen (secondary N) is 1. The molecule has 0 aliphatic heterocycles. The molecule has 2 heterocycles. The maximum atomic E-state index is 12.8. The molecule has 2 rings (SSSR count). The largest absolute Gasteiger partial charge is 0.471 e. The van der Waals surface area contributed by atoms with Crippen molar-refractivity contribution < 1.29 is 31.5 Å². The number of nitrogen functional groups attached to an aromatic ring is 1. The molecular formula is C16H15F5N4O2. The molecule has 0 aliphatic rings. The smallest absolute Gasteiger partial charge is 0.456 e. The highest BCUT2D eigenvalue weighted by molar-refractivity contribution is 5.94. The summed E-state index contributed by atoms with van der Waals surface area (Å²) in [5.74, 6) is -5.64. The molecule has 0 fully saturated rings. The monoisotopic (exact) mass is 390 g/mol. The number of nitrogens with two attached hydrogens (primary N) is 1. The number of carbonyl (C=O) groups is 1. The van der Waals surface area contributed by atoms with E-state index >= 15 is 0 Å². The lowest BCUT2D eigenvalue weighted by molar-refractivity contribution is -0.290.